The maximum absolute atomic E-state index is 12.0. The summed E-state index contributed by atoms with van der Waals surface area (Å²) in [6.07, 6.45) is 7.32. The van der Waals surface area contributed by atoms with Crippen LogP contribution in [0.4, 0.5) is 0 Å². The molecule has 0 aliphatic carbocycles. The summed E-state index contributed by atoms with van der Waals surface area (Å²) in [6.45, 7) is 4.07. The molecule has 5 nitrogen and oxygen atoms in total. The Balaban J connectivity index is 1.91. The van der Waals surface area contributed by atoms with Crippen molar-refractivity contribution >= 4 is 5.91 Å². The van der Waals surface area contributed by atoms with E-state index in [4.69, 9.17) is 0 Å². The minimum atomic E-state index is -0.0215. The second kappa shape index (κ2) is 6.84. The fourth-order valence-electron chi connectivity index (χ4n) is 2.07. The summed E-state index contributed by atoms with van der Waals surface area (Å²) in [6, 6.07) is 3.95. The fraction of sp³-hybridized carbons (Fsp3) is 0.400. The highest BCUT2D eigenvalue weighted by Gasteiger charge is 2.14. The molecule has 0 radical (unpaired) electrons. The molecule has 0 aromatic carbocycles. The Morgan fingerprint density at radius 3 is 3.00 bits per heavy atom. The molecule has 0 aliphatic rings. The number of rotatable bonds is 6. The van der Waals surface area contributed by atoms with E-state index in [-0.39, 0.29) is 11.9 Å². The van der Waals surface area contributed by atoms with Gasteiger partial charge in [0, 0.05) is 18.8 Å². The zero-order valence-corrected chi connectivity index (χ0v) is 11.9. The van der Waals surface area contributed by atoms with Crippen LogP contribution in [0.2, 0.25) is 0 Å². The Hall–Kier alpha value is -2.17. The molecule has 2 heterocycles. The molecular formula is C15H20N4O. The number of aromatic amines is 1. The second-order valence-corrected chi connectivity index (χ2v) is 4.89. The van der Waals surface area contributed by atoms with E-state index in [1.807, 2.05) is 32.2 Å². The summed E-state index contributed by atoms with van der Waals surface area (Å²) >= 11 is 0. The summed E-state index contributed by atoms with van der Waals surface area (Å²) in [5.74, 6) is 0.0429. The number of carbonyl (C=O) groups excluding carboxylic acids is 1. The van der Waals surface area contributed by atoms with Crippen LogP contribution in [0.15, 0.2) is 30.7 Å². The largest absolute Gasteiger partial charge is 0.348 e. The molecule has 0 bridgehead atoms. The van der Waals surface area contributed by atoms with Crippen molar-refractivity contribution in [3.63, 3.8) is 0 Å². The van der Waals surface area contributed by atoms with Crippen molar-refractivity contribution < 1.29 is 4.79 Å². The average Bonchev–Trinajstić information content (AvgIpc) is 2.96. The topological polar surface area (TPSA) is 70.7 Å². The third-order valence-corrected chi connectivity index (χ3v) is 3.23. The molecule has 1 atom stereocenters. The highest BCUT2D eigenvalue weighted by molar-refractivity contribution is 5.76. The highest BCUT2D eigenvalue weighted by atomic mass is 16.1. The summed E-state index contributed by atoms with van der Waals surface area (Å²) in [5.41, 5.74) is 3.12. The number of hydrogen-bond donors (Lipinski definition) is 2. The van der Waals surface area contributed by atoms with Gasteiger partial charge < -0.3 is 5.32 Å². The molecule has 5 heteroatoms. The molecule has 1 amide bonds. The Bertz CT molecular complexity index is 551. The molecule has 2 aromatic rings. The van der Waals surface area contributed by atoms with Crippen molar-refractivity contribution in [3.05, 3.63) is 47.5 Å². The lowest BCUT2D eigenvalue weighted by Gasteiger charge is -2.16. The highest BCUT2D eigenvalue weighted by Crippen LogP contribution is 2.15. The fourth-order valence-corrected chi connectivity index (χ4v) is 2.07. The normalized spacial score (nSPS) is 12.1. The van der Waals surface area contributed by atoms with Crippen molar-refractivity contribution in [2.24, 2.45) is 0 Å². The van der Waals surface area contributed by atoms with Gasteiger partial charge in [-0.15, -0.1) is 0 Å². The number of aromatic nitrogens is 3. The quantitative estimate of drug-likeness (QED) is 0.847. The number of nitrogens with one attached hydrogen (secondary N) is 2. The molecule has 0 spiro atoms. The van der Waals surface area contributed by atoms with Crippen molar-refractivity contribution in [1.82, 2.24) is 20.5 Å². The van der Waals surface area contributed by atoms with E-state index in [1.165, 1.54) is 0 Å². The SMILES string of the molecule is CC[C@@H](NC(=O)CCc1cn[nH]c1)c1cc(C)ccn1. The third-order valence-electron chi connectivity index (χ3n) is 3.23. The maximum atomic E-state index is 12.0. The molecule has 2 aromatic heterocycles. The van der Waals surface area contributed by atoms with Gasteiger partial charge in [0.25, 0.3) is 0 Å². The lowest BCUT2D eigenvalue weighted by atomic mass is 10.1. The van der Waals surface area contributed by atoms with Gasteiger partial charge in [0.15, 0.2) is 0 Å². The number of amides is 1. The van der Waals surface area contributed by atoms with E-state index in [2.05, 4.69) is 20.5 Å². The van der Waals surface area contributed by atoms with Gasteiger partial charge in [-0.05, 0) is 43.0 Å². The van der Waals surface area contributed by atoms with Crippen LogP contribution in [-0.2, 0) is 11.2 Å². The van der Waals surface area contributed by atoms with Gasteiger partial charge in [-0.1, -0.05) is 6.92 Å². The van der Waals surface area contributed by atoms with E-state index in [0.29, 0.717) is 12.8 Å². The first-order chi connectivity index (χ1) is 9.69. The van der Waals surface area contributed by atoms with Crippen LogP contribution >= 0.6 is 0 Å². The first kappa shape index (κ1) is 14.2. The number of nitrogens with zero attached hydrogens (tertiary/aromatic N) is 2. The molecule has 0 aliphatic heterocycles. The predicted octanol–water partition coefficient (Wildman–Crippen LogP) is 2.31. The van der Waals surface area contributed by atoms with Gasteiger partial charge in [-0.3, -0.25) is 14.9 Å². The summed E-state index contributed by atoms with van der Waals surface area (Å²) in [7, 11) is 0. The Kier molecular flexibility index (Phi) is 4.87. The van der Waals surface area contributed by atoms with E-state index in [0.717, 1.165) is 23.2 Å². The van der Waals surface area contributed by atoms with Gasteiger partial charge in [-0.2, -0.15) is 5.10 Å². The summed E-state index contributed by atoms with van der Waals surface area (Å²) in [4.78, 5) is 16.3. The first-order valence-electron chi connectivity index (χ1n) is 6.88. The van der Waals surface area contributed by atoms with Gasteiger partial charge in [0.1, 0.15) is 0 Å². The second-order valence-electron chi connectivity index (χ2n) is 4.89. The maximum Gasteiger partial charge on any atom is 0.220 e. The smallest absolute Gasteiger partial charge is 0.220 e. The van der Waals surface area contributed by atoms with Crippen LogP contribution in [0, 0.1) is 6.92 Å². The molecule has 106 valence electrons. The number of aryl methyl sites for hydroxylation is 2. The predicted molar refractivity (Wildman–Crippen MR) is 77.1 cm³/mol. The van der Waals surface area contributed by atoms with Crippen LogP contribution in [0.25, 0.3) is 0 Å². The summed E-state index contributed by atoms with van der Waals surface area (Å²) in [5, 5.41) is 9.65. The van der Waals surface area contributed by atoms with Crippen LogP contribution in [0.3, 0.4) is 0 Å². The standard InChI is InChI=1S/C15H20N4O/c1-3-13(14-8-11(2)6-7-16-14)19-15(20)5-4-12-9-17-18-10-12/h6-10,13H,3-5H2,1-2H3,(H,17,18)(H,19,20)/t13-/m1/s1. The van der Waals surface area contributed by atoms with Crippen molar-refractivity contribution in [3.8, 4) is 0 Å². The van der Waals surface area contributed by atoms with E-state index < -0.39 is 0 Å². The van der Waals surface area contributed by atoms with E-state index in [9.17, 15) is 4.79 Å². The van der Waals surface area contributed by atoms with Crippen LogP contribution < -0.4 is 5.32 Å². The van der Waals surface area contributed by atoms with E-state index in [1.54, 1.807) is 12.4 Å². The summed E-state index contributed by atoms with van der Waals surface area (Å²) < 4.78 is 0. The van der Waals surface area contributed by atoms with Crippen molar-refractivity contribution in [2.75, 3.05) is 0 Å². The van der Waals surface area contributed by atoms with Crippen molar-refractivity contribution in [2.45, 2.75) is 39.2 Å². The molecule has 20 heavy (non-hydrogen) atoms. The number of carbonyl (C=O) groups is 1. The number of H-pyrrole nitrogens is 1. The minimum Gasteiger partial charge on any atom is -0.348 e. The van der Waals surface area contributed by atoms with E-state index >= 15 is 0 Å². The van der Waals surface area contributed by atoms with Crippen LogP contribution in [0.5, 0.6) is 0 Å². The Morgan fingerprint density at radius 2 is 2.35 bits per heavy atom. The number of hydrogen-bond acceptors (Lipinski definition) is 3. The Morgan fingerprint density at radius 1 is 1.50 bits per heavy atom. The molecule has 0 saturated carbocycles. The Labute approximate surface area is 118 Å². The van der Waals surface area contributed by atoms with Gasteiger partial charge in [-0.25, -0.2) is 0 Å². The van der Waals surface area contributed by atoms with Gasteiger partial charge >= 0.3 is 0 Å². The zero-order valence-electron chi connectivity index (χ0n) is 11.9. The first-order valence-corrected chi connectivity index (χ1v) is 6.88. The third kappa shape index (κ3) is 3.91. The lowest BCUT2D eigenvalue weighted by molar-refractivity contribution is -0.121. The zero-order chi connectivity index (χ0) is 14.4. The molecule has 0 fully saturated rings. The molecule has 0 saturated heterocycles. The molecular weight excluding hydrogens is 252 g/mol. The molecule has 2 N–H and O–H groups in total. The minimum absolute atomic E-state index is 0.0215. The van der Waals surface area contributed by atoms with Gasteiger partial charge in [0.05, 0.1) is 17.9 Å². The monoisotopic (exact) mass is 272 g/mol. The van der Waals surface area contributed by atoms with Crippen LogP contribution in [-0.4, -0.2) is 21.1 Å². The molecule has 2 rings (SSSR count). The van der Waals surface area contributed by atoms with Crippen LogP contribution in [0.1, 0.15) is 42.6 Å². The average molecular weight is 272 g/mol. The molecule has 0 unspecified atom stereocenters. The van der Waals surface area contributed by atoms with Gasteiger partial charge in [0.2, 0.25) is 5.91 Å². The lowest BCUT2D eigenvalue weighted by Crippen LogP contribution is -2.28. The number of pyridine rings is 1. The van der Waals surface area contributed by atoms with Crippen molar-refractivity contribution in [1.29, 1.82) is 0 Å².